The zero-order chi connectivity index (χ0) is 17.3. The first-order valence-electron chi connectivity index (χ1n) is 7.72. The Labute approximate surface area is 144 Å². The summed E-state index contributed by atoms with van der Waals surface area (Å²) in [4.78, 5) is 25.3. The number of rotatable bonds is 6. The molecule has 1 aromatic carbocycles. The van der Waals surface area contributed by atoms with Crippen molar-refractivity contribution in [1.29, 1.82) is 0 Å². The molecular formula is C17H17ClN2O4. The van der Waals surface area contributed by atoms with Crippen molar-refractivity contribution in [3.63, 3.8) is 0 Å². The van der Waals surface area contributed by atoms with Crippen LogP contribution >= 0.6 is 11.6 Å². The molecule has 1 fully saturated rings. The quantitative estimate of drug-likeness (QED) is 0.865. The van der Waals surface area contributed by atoms with E-state index in [9.17, 15) is 9.59 Å². The number of carboxylic acids is 1. The molecule has 0 radical (unpaired) electrons. The second kappa shape index (κ2) is 6.65. The highest BCUT2D eigenvalue weighted by Gasteiger charge is 2.36. The molecule has 1 aliphatic rings. The number of amides is 1. The summed E-state index contributed by atoms with van der Waals surface area (Å²) in [7, 11) is 0. The molecule has 1 N–H and O–H groups in total. The zero-order valence-electron chi connectivity index (χ0n) is 13.1. The van der Waals surface area contributed by atoms with Crippen molar-refractivity contribution in [2.24, 2.45) is 5.92 Å². The third-order valence-electron chi connectivity index (χ3n) is 4.01. The van der Waals surface area contributed by atoms with Crippen LogP contribution in [0.1, 0.15) is 30.3 Å². The topological polar surface area (TPSA) is 83.6 Å². The molecule has 0 saturated heterocycles. The summed E-state index contributed by atoms with van der Waals surface area (Å²) in [6.07, 6.45) is 1.76. The van der Waals surface area contributed by atoms with E-state index in [-0.39, 0.29) is 24.2 Å². The van der Waals surface area contributed by atoms with Crippen LogP contribution in [0.25, 0.3) is 11.3 Å². The van der Waals surface area contributed by atoms with Crippen molar-refractivity contribution >= 4 is 23.5 Å². The van der Waals surface area contributed by atoms with Crippen LogP contribution in [-0.4, -0.2) is 39.6 Å². The second-order valence-electron chi connectivity index (χ2n) is 5.98. The van der Waals surface area contributed by atoms with Crippen LogP contribution in [0.4, 0.5) is 0 Å². The number of hydrogen-bond donors (Lipinski definition) is 1. The smallest absolute Gasteiger partial charge is 0.308 e. The van der Waals surface area contributed by atoms with Gasteiger partial charge in [0.1, 0.15) is 0 Å². The number of halogens is 1. The molecule has 7 heteroatoms. The molecule has 126 valence electrons. The molecule has 3 rings (SSSR count). The van der Waals surface area contributed by atoms with Gasteiger partial charge in [-0.05, 0) is 25.0 Å². The van der Waals surface area contributed by atoms with Gasteiger partial charge < -0.3 is 14.5 Å². The van der Waals surface area contributed by atoms with E-state index in [2.05, 4.69) is 5.16 Å². The minimum Gasteiger partial charge on any atom is -0.481 e. The first kappa shape index (κ1) is 16.5. The molecule has 0 spiro atoms. The number of nitrogens with zero attached hydrogens (tertiary/aromatic N) is 2. The van der Waals surface area contributed by atoms with Crippen molar-refractivity contribution in [3.8, 4) is 11.3 Å². The van der Waals surface area contributed by atoms with Gasteiger partial charge in [-0.25, -0.2) is 0 Å². The summed E-state index contributed by atoms with van der Waals surface area (Å²) in [5.41, 5.74) is 0.817. The van der Waals surface area contributed by atoms with E-state index in [0.29, 0.717) is 16.3 Å². The number of aromatic nitrogens is 1. The Balaban J connectivity index is 1.81. The van der Waals surface area contributed by atoms with E-state index in [1.165, 1.54) is 0 Å². The van der Waals surface area contributed by atoms with Gasteiger partial charge in [-0.1, -0.05) is 35.8 Å². The summed E-state index contributed by atoms with van der Waals surface area (Å²) in [6, 6.07) is 8.75. The largest absolute Gasteiger partial charge is 0.481 e. The lowest BCUT2D eigenvalue weighted by molar-refractivity contribution is -0.141. The summed E-state index contributed by atoms with van der Waals surface area (Å²) < 4.78 is 5.26. The van der Waals surface area contributed by atoms with Gasteiger partial charge in [-0.15, -0.1) is 0 Å². The number of carbonyl (C=O) groups excluding carboxylic acids is 1. The average Bonchev–Trinajstić information content (AvgIpc) is 3.28. The first-order chi connectivity index (χ1) is 11.5. The van der Waals surface area contributed by atoms with Gasteiger partial charge in [-0.3, -0.25) is 9.59 Å². The number of benzene rings is 1. The second-order valence-corrected chi connectivity index (χ2v) is 6.39. The molecule has 1 heterocycles. The summed E-state index contributed by atoms with van der Waals surface area (Å²) in [6.45, 7) is 1.75. The van der Waals surface area contributed by atoms with Gasteiger partial charge in [0, 0.05) is 24.2 Å². The van der Waals surface area contributed by atoms with Crippen molar-refractivity contribution < 1.29 is 19.2 Å². The molecule has 1 amide bonds. The van der Waals surface area contributed by atoms with E-state index in [1.807, 2.05) is 6.07 Å². The van der Waals surface area contributed by atoms with E-state index in [4.69, 9.17) is 21.2 Å². The van der Waals surface area contributed by atoms with E-state index in [1.54, 1.807) is 36.1 Å². The lowest BCUT2D eigenvalue weighted by Crippen LogP contribution is -2.38. The molecule has 1 atom stereocenters. The summed E-state index contributed by atoms with van der Waals surface area (Å²) in [5.74, 6) is -1.46. The Morgan fingerprint density at radius 2 is 2.12 bits per heavy atom. The normalized spacial score (nSPS) is 15.1. The molecule has 6 nitrogen and oxygen atoms in total. The van der Waals surface area contributed by atoms with Gasteiger partial charge in [-0.2, -0.15) is 0 Å². The number of hydrogen-bond acceptors (Lipinski definition) is 4. The molecule has 1 unspecified atom stereocenters. The van der Waals surface area contributed by atoms with Crippen LogP contribution in [-0.2, 0) is 4.79 Å². The highest BCUT2D eigenvalue weighted by molar-refractivity contribution is 6.33. The number of aliphatic carboxylic acids is 1. The predicted octanol–water partition coefficient (Wildman–Crippen LogP) is 3.32. The molecule has 1 aliphatic carbocycles. The Hall–Kier alpha value is -2.34. The minimum absolute atomic E-state index is 0.0831. The highest BCUT2D eigenvalue weighted by atomic mass is 35.5. The Kier molecular flexibility index (Phi) is 4.57. The maximum absolute atomic E-state index is 12.7. The highest BCUT2D eigenvalue weighted by Crippen LogP contribution is 2.31. The lowest BCUT2D eigenvalue weighted by atomic mass is 10.1. The zero-order valence-corrected chi connectivity index (χ0v) is 13.9. The minimum atomic E-state index is -0.926. The fraction of sp³-hybridized carbons (Fsp3) is 0.353. The standard InChI is InChI=1S/C17H17ClN2O4/c1-10(17(22)23)9-20(11-6-7-11)16(21)14-8-15(24-19-14)12-4-2-3-5-13(12)18/h2-5,8,10-11H,6-7,9H2,1H3,(H,22,23). The van der Waals surface area contributed by atoms with Gasteiger partial charge in [0.15, 0.2) is 11.5 Å². The third-order valence-corrected chi connectivity index (χ3v) is 4.34. The Bertz CT molecular complexity index is 769. The van der Waals surface area contributed by atoms with Gasteiger partial charge in [0.25, 0.3) is 5.91 Å². The summed E-state index contributed by atoms with van der Waals surface area (Å²) in [5, 5.41) is 13.4. The molecule has 2 aromatic rings. The van der Waals surface area contributed by atoms with Gasteiger partial charge >= 0.3 is 5.97 Å². The average molecular weight is 349 g/mol. The maximum Gasteiger partial charge on any atom is 0.308 e. The lowest BCUT2D eigenvalue weighted by Gasteiger charge is -2.23. The molecule has 0 bridgehead atoms. The third kappa shape index (κ3) is 3.43. The molecular weight excluding hydrogens is 332 g/mol. The first-order valence-corrected chi connectivity index (χ1v) is 8.10. The van der Waals surface area contributed by atoms with Crippen molar-refractivity contribution in [1.82, 2.24) is 10.1 Å². The Morgan fingerprint density at radius 1 is 1.42 bits per heavy atom. The summed E-state index contributed by atoms with van der Waals surface area (Å²) >= 11 is 6.13. The fourth-order valence-corrected chi connectivity index (χ4v) is 2.70. The van der Waals surface area contributed by atoms with Gasteiger partial charge in [0.2, 0.25) is 0 Å². The fourth-order valence-electron chi connectivity index (χ4n) is 2.47. The molecule has 24 heavy (non-hydrogen) atoms. The maximum atomic E-state index is 12.7. The number of carboxylic acid groups (broad SMARTS) is 1. The van der Waals surface area contributed by atoms with E-state index < -0.39 is 11.9 Å². The molecule has 0 aliphatic heterocycles. The number of carbonyl (C=O) groups is 2. The molecule has 1 aromatic heterocycles. The van der Waals surface area contributed by atoms with Crippen LogP contribution in [0.15, 0.2) is 34.9 Å². The van der Waals surface area contributed by atoms with Crippen LogP contribution in [0.5, 0.6) is 0 Å². The predicted molar refractivity (Wildman–Crippen MR) is 87.8 cm³/mol. The van der Waals surface area contributed by atoms with Crippen LogP contribution in [0.2, 0.25) is 5.02 Å². The van der Waals surface area contributed by atoms with Crippen LogP contribution in [0, 0.1) is 5.92 Å². The van der Waals surface area contributed by atoms with Crippen molar-refractivity contribution in [3.05, 3.63) is 41.0 Å². The Morgan fingerprint density at radius 3 is 2.75 bits per heavy atom. The van der Waals surface area contributed by atoms with Crippen LogP contribution in [0.3, 0.4) is 0 Å². The SMILES string of the molecule is CC(CN(C(=O)c1cc(-c2ccccc2Cl)on1)C1CC1)C(=O)O. The van der Waals surface area contributed by atoms with Gasteiger partial charge in [0.05, 0.1) is 10.9 Å². The van der Waals surface area contributed by atoms with Crippen molar-refractivity contribution in [2.45, 2.75) is 25.8 Å². The van der Waals surface area contributed by atoms with Crippen LogP contribution < -0.4 is 0 Å². The van der Waals surface area contributed by atoms with E-state index >= 15 is 0 Å². The van der Waals surface area contributed by atoms with Crippen molar-refractivity contribution in [2.75, 3.05) is 6.54 Å². The van der Waals surface area contributed by atoms with E-state index in [0.717, 1.165) is 12.8 Å². The monoisotopic (exact) mass is 348 g/mol. The molecule has 1 saturated carbocycles.